The largest absolute Gasteiger partial charge is 0.364 e. The quantitative estimate of drug-likeness (QED) is 0.762. The van der Waals surface area contributed by atoms with E-state index in [1.54, 1.807) is 6.20 Å². The van der Waals surface area contributed by atoms with Crippen molar-refractivity contribution >= 4 is 29.1 Å². The van der Waals surface area contributed by atoms with Gasteiger partial charge in [0.25, 0.3) is 5.95 Å². The van der Waals surface area contributed by atoms with E-state index in [9.17, 15) is 0 Å². The Morgan fingerprint density at radius 2 is 1.92 bits per heavy atom. The molecule has 0 amide bonds. The molecule has 126 valence electrons. The first kappa shape index (κ1) is 15.8. The van der Waals surface area contributed by atoms with E-state index in [0.717, 1.165) is 30.0 Å². The zero-order valence-electron chi connectivity index (χ0n) is 13.7. The van der Waals surface area contributed by atoms with E-state index < -0.39 is 0 Å². The van der Waals surface area contributed by atoms with Crippen molar-refractivity contribution in [3.63, 3.8) is 0 Å². The van der Waals surface area contributed by atoms with Gasteiger partial charge in [0.05, 0.1) is 6.20 Å². The molecule has 0 atom stereocenters. The minimum absolute atomic E-state index is 0.592. The summed E-state index contributed by atoms with van der Waals surface area (Å²) in [7, 11) is 0. The zero-order chi connectivity index (χ0) is 17.1. The minimum atomic E-state index is 0.592. The molecule has 0 fully saturated rings. The summed E-state index contributed by atoms with van der Waals surface area (Å²) >= 11 is 6.20. The van der Waals surface area contributed by atoms with Gasteiger partial charge >= 0.3 is 0 Å². The second kappa shape index (κ2) is 7.07. The Kier molecular flexibility index (Phi) is 4.48. The zero-order valence-corrected chi connectivity index (χ0v) is 14.4. The third kappa shape index (κ3) is 3.42. The molecule has 0 bridgehead atoms. The molecule has 2 aromatic carbocycles. The Labute approximate surface area is 151 Å². The van der Waals surface area contributed by atoms with E-state index in [0.29, 0.717) is 18.3 Å². The van der Waals surface area contributed by atoms with Gasteiger partial charge in [-0.15, -0.1) is 5.10 Å². The van der Waals surface area contributed by atoms with Crippen molar-refractivity contribution in [2.24, 2.45) is 0 Å². The number of aryl methyl sites for hydroxylation is 1. The lowest BCUT2D eigenvalue weighted by Crippen LogP contribution is -2.26. The number of fused-ring (bicyclic) bond motifs is 1. The summed E-state index contributed by atoms with van der Waals surface area (Å²) in [5.41, 5.74) is 3.51. The summed E-state index contributed by atoms with van der Waals surface area (Å²) in [5.74, 6) is 1.31. The first-order chi connectivity index (χ1) is 12.3. The summed E-state index contributed by atoms with van der Waals surface area (Å²) < 4.78 is 0. The van der Waals surface area contributed by atoms with Crippen LogP contribution in [-0.2, 0) is 13.0 Å². The van der Waals surface area contributed by atoms with Gasteiger partial charge in [-0.3, -0.25) is 0 Å². The summed E-state index contributed by atoms with van der Waals surface area (Å²) in [4.78, 5) is 6.77. The van der Waals surface area contributed by atoms with Crippen molar-refractivity contribution < 1.29 is 0 Å². The lowest BCUT2D eigenvalue weighted by molar-refractivity contribution is 0.741. The first-order valence-electron chi connectivity index (χ1n) is 8.34. The molecule has 0 aliphatic carbocycles. The minimum Gasteiger partial charge on any atom is -0.364 e. The molecule has 0 spiro atoms. The molecule has 0 saturated heterocycles. The van der Waals surface area contributed by atoms with Gasteiger partial charge < -0.3 is 10.2 Å². The molecule has 5 nitrogen and oxygen atoms in total. The highest BCUT2D eigenvalue weighted by atomic mass is 35.5. The summed E-state index contributed by atoms with van der Waals surface area (Å²) in [6, 6.07) is 16.2. The smallest absolute Gasteiger partial charge is 0.251 e. The summed E-state index contributed by atoms with van der Waals surface area (Å²) in [6.07, 6.45) is 3.80. The van der Waals surface area contributed by atoms with Gasteiger partial charge in [0, 0.05) is 23.8 Å². The standard InChI is InChI=1S/C19H18ClN5/c20-16-9-3-1-7-15(16)12-21-18-13-22-24-19(23-18)25-11-5-8-14-6-2-4-10-17(14)25/h1-4,6-7,9-10,13H,5,8,11-12H2,(H,21,23,24). The Hall–Kier alpha value is -2.66. The van der Waals surface area contributed by atoms with Crippen LogP contribution in [0.2, 0.25) is 5.02 Å². The number of hydrogen-bond acceptors (Lipinski definition) is 5. The second-order valence-corrected chi connectivity index (χ2v) is 6.38. The van der Waals surface area contributed by atoms with Crippen LogP contribution >= 0.6 is 11.6 Å². The van der Waals surface area contributed by atoms with Crippen LogP contribution in [0.5, 0.6) is 0 Å². The average Bonchev–Trinajstić information content (AvgIpc) is 2.67. The average molecular weight is 352 g/mol. The first-order valence-corrected chi connectivity index (χ1v) is 8.71. The maximum absolute atomic E-state index is 6.20. The van der Waals surface area contributed by atoms with E-state index in [1.807, 2.05) is 30.3 Å². The van der Waals surface area contributed by atoms with Crippen LogP contribution in [0.3, 0.4) is 0 Å². The number of para-hydroxylation sites is 1. The lowest BCUT2D eigenvalue weighted by atomic mass is 10.0. The van der Waals surface area contributed by atoms with Crippen molar-refractivity contribution in [3.05, 3.63) is 70.9 Å². The lowest BCUT2D eigenvalue weighted by Gasteiger charge is -2.29. The number of nitrogens with zero attached hydrogens (tertiary/aromatic N) is 4. The summed E-state index contributed by atoms with van der Waals surface area (Å²) in [5, 5.41) is 12.4. The molecule has 25 heavy (non-hydrogen) atoms. The number of nitrogens with one attached hydrogen (secondary N) is 1. The Balaban J connectivity index is 1.55. The monoisotopic (exact) mass is 351 g/mol. The van der Waals surface area contributed by atoms with Crippen LogP contribution in [-0.4, -0.2) is 21.7 Å². The van der Waals surface area contributed by atoms with Gasteiger partial charge in [-0.05, 0) is 36.1 Å². The van der Waals surface area contributed by atoms with E-state index in [-0.39, 0.29) is 0 Å². The molecule has 0 unspecified atom stereocenters. The third-order valence-corrected chi connectivity index (χ3v) is 4.69. The van der Waals surface area contributed by atoms with Crippen molar-refractivity contribution in [1.82, 2.24) is 15.2 Å². The molecule has 2 heterocycles. The Morgan fingerprint density at radius 1 is 1.08 bits per heavy atom. The van der Waals surface area contributed by atoms with E-state index in [4.69, 9.17) is 11.6 Å². The van der Waals surface area contributed by atoms with Crippen LogP contribution < -0.4 is 10.2 Å². The SMILES string of the molecule is Clc1ccccc1CNc1cnnc(N2CCCc3ccccc32)n1. The Morgan fingerprint density at radius 3 is 2.84 bits per heavy atom. The predicted octanol–water partition coefficient (Wildman–Crippen LogP) is 4.22. The number of halogens is 1. The molecule has 1 aliphatic heterocycles. The fraction of sp³-hybridized carbons (Fsp3) is 0.211. The van der Waals surface area contributed by atoms with E-state index >= 15 is 0 Å². The van der Waals surface area contributed by atoms with Gasteiger partial charge in [-0.1, -0.05) is 48.0 Å². The third-order valence-electron chi connectivity index (χ3n) is 4.32. The molecule has 1 aliphatic rings. The highest BCUT2D eigenvalue weighted by Gasteiger charge is 2.20. The van der Waals surface area contributed by atoms with Crippen molar-refractivity contribution in [2.75, 3.05) is 16.8 Å². The maximum atomic E-state index is 6.20. The highest BCUT2D eigenvalue weighted by molar-refractivity contribution is 6.31. The second-order valence-electron chi connectivity index (χ2n) is 5.97. The number of benzene rings is 2. The number of anilines is 3. The molecule has 1 N–H and O–H groups in total. The molecular weight excluding hydrogens is 334 g/mol. The van der Waals surface area contributed by atoms with Crippen LogP contribution in [0, 0.1) is 0 Å². The molecule has 0 saturated carbocycles. The van der Waals surface area contributed by atoms with Gasteiger partial charge in [-0.25, -0.2) is 0 Å². The van der Waals surface area contributed by atoms with Crippen molar-refractivity contribution in [1.29, 1.82) is 0 Å². The molecule has 3 aromatic rings. The van der Waals surface area contributed by atoms with Crippen molar-refractivity contribution in [2.45, 2.75) is 19.4 Å². The number of hydrogen-bond donors (Lipinski definition) is 1. The summed E-state index contributed by atoms with van der Waals surface area (Å²) in [6.45, 7) is 1.49. The Bertz CT molecular complexity index is 883. The molecular formula is C19H18ClN5. The fourth-order valence-corrected chi connectivity index (χ4v) is 3.27. The molecule has 4 rings (SSSR count). The normalized spacial score (nSPS) is 13.4. The van der Waals surface area contributed by atoms with Crippen LogP contribution in [0.25, 0.3) is 0 Å². The van der Waals surface area contributed by atoms with Crippen molar-refractivity contribution in [3.8, 4) is 0 Å². The molecule has 1 aromatic heterocycles. The van der Waals surface area contributed by atoms with Gasteiger partial charge in [-0.2, -0.15) is 10.1 Å². The van der Waals surface area contributed by atoms with E-state index in [2.05, 4.69) is 43.6 Å². The number of aromatic nitrogens is 3. The van der Waals surface area contributed by atoms with Crippen LogP contribution in [0.1, 0.15) is 17.5 Å². The van der Waals surface area contributed by atoms with Gasteiger partial charge in [0.15, 0.2) is 5.82 Å². The van der Waals surface area contributed by atoms with E-state index in [1.165, 1.54) is 11.3 Å². The van der Waals surface area contributed by atoms with Gasteiger partial charge in [0.2, 0.25) is 0 Å². The number of rotatable bonds is 4. The highest BCUT2D eigenvalue weighted by Crippen LogP contribution is 2.31. The molecule has 0 radical (unpaired) electrons. The topological polar surface area (TPSA) is 53.9 Å². The van der Waals surface area contributed by atoms with Crippen LogP contribution in [0.15, 0.2) is 54.7 Å². The maximum Gasteiger partial charge on any atom is 0.251 e. The predicted molar refractivity (Wildman–Crippen MR) is 100 cm³/mol. The molecule has 6 heteroatoms. The fourth-order valence-electron chi connectivity index (χ4n) is 3.06. The van der Waals surface area contributed by atoms with Gasteiger partial charge in [0.1, 0.15) is 0 Å². The van der Waals surface area contributed by atoms with Crippen LogP contribution in [0.4, 0.5) is 17.5 Å².